The average Bonchev–Trinajstić information content (AvgIpc) is 3.01. The normalized spacial score (nSPS) is 17.0. The fourth-order valence-electron chi connectivity index (χ4n) is 3.02. The van der Waals surface area contributed by atoms with Crippen LogP contribution in [0, 0.1) is 5.92 Å². The summed E-state index contributed by atoms with van der Waals surface area (Å²) in [4.78, 5) is 25.0. The molecule has 2 N–H and O–H groups in total. The molecule has 1 atom stereocenters. The van der Waals surface area contributed by atoms with Crippen LogP contribution in [-0.2, 0) is 19.6 Å². The molecular formula is C19H20ClN3O4S. The summed E-state index contributed by atoms with van der Waals surface area (Å²) in [6, 6.07) is 12.9. The predicted molar refractivity (Wildman–Crippen MR) is 108 cm³/mol. The number of carbonyl (C=O) groups is 2. The van der Waals surface area contributed by atoms with E-state index in [0.717, 1.165) is 5.69 Å². The molecule has 2 aromatic rings. The van der Waals surface area contributed by atoms with Crippen molar-refractivity contribution in [3.05, 3.63) is 53.6 Å². The van der Waals surface area contributed by atoms with Gasteiger partial charge in [-0.25, -0.2) is 13.1 Å². The van der Waals surface area contributed by atoms with Crippen LogP contribution >= 0.6 is 11.6 Å². The summed E-state index contributed by atoms with van der Waals surface area (Å²) in [5.41, 5.74) is 1.26. The summed E-state index contributed by atoms with van der Waals surface area (Å²) < 4.78 is 27.5. The lowest BCUT2D eigenvalue weighted by Gasteiger charge is -2.17. The molecule has 1 fully saturated rings. The Morgan fingerprint density at radius 2 is 1.79 bits per heavy atom. The van der Waals surface area contributed by atoms with Gasteiger partial charge in [-0.3, -0.25) is 9.59 Å². The molecule has 0 aliphatic carbocycles. The van der Waals surface area contributed by atoms with Gasteiger partial charge >= 0.3 is 0 Å². The van der Waals surface area contributed by atoms with E-state index >= 15 is 0 Å². The number of halogens is 1. The van der Waals surface area contributed by atoms with E-state index in [1.807, 2.05) is 0 Å². The Bertz CT molecular complexity index is 975. The van der Waals surface area contributed by atoms with E-state index in [-0.39, 0.29) is 35.6 Å². The maximum absolute atomic E-state index is 12.5. The molecule has 1 heterocycles. The van der Waals surface area contributed by atoms with Crippen molar-refractivity contribution in [2.24, 2.45) is 5.92 Å². The van der Waals surface area contributed by atoms with Crippen LogP contribution in [0.3, 0.4) is 0 Å². The second-order valence-corrected chi connectivity index (χ2v) is 8.81. The van der Waals surface area contributed by atoms with E-state index in [0.29, 0.717) is 17.3 Å². The van der Waals surface area contributed by atoms with Crippen LogP contribution in [0.15, 0.2) is 53.4 Å². The third-order valence-electron chi connectivity index (χ3n) is 4.39. The molecule has 0 bridgehead atoms. The zero-order chi connectivity index (χ0) is 20.3. The predicted octanol–water partition coefficient (Wildman–Crippen LogP) is 2.63. The highest BCUT2D eigenvalue weighted by atomic mass is 35.5. The lowest BCUT2D eigenvalue weighted by Crippen LogP contribution is -2.31. The molecule has 0 aromatic heterocycles. The van der Waals surface area contributed by atoms with Gasteiger partial charge in [-0.1, -0.05) is 11.6 Å². The second kappa shape index (κ2) is 8.30. The van der Waals surface area contributed by atoms with Crippen molar-refractivity contribution >= 4 is 44.8 Å². The highest BCUT2D eigenvalue weighted by Crippen LogP contribution is 2.26. The molecule has 1 unspecified atom stereocenters. The van der Waals surface area contributed by atoms with Gasteiger partial charge in [-0.2, -0.15) is 0 Å². The van der Waals surface area contributed by atoms with Crippen LogP contribution < -0.4 is 14.9 Å². The molecular weight excluding hydrogens is 402 g/mol. The summed E-state index contributed by atoms with van der Waals surface area (Å²) in [6.07, 6.45) is 0.270. The van der Waals surface area contributed by atoms with Gasteiger partial charge in [-0.05, 0) is 54.4 Å². The van der Waals surface area contributed by atoms with Crippen molar-refractivity contribution < 1.29 is 18.0 Å². The Morgan fingerprint density at radius 1 is 1.14 bits per heavy atom. The van der Waals surface area contributed by atoms with Gasteiger partial charge in [0.2, 0.25) is 21.8 Å². The largest absolute Gasteiger partial charge is 0.326 e. The van der Waals surface area contributed by atoms with E-state index in [4.69, 9.17) is 11.6 Å². The first-order chi connectivity index (χ1) is 13.2. The number of nitrogens with one attached hydrogen (secondary N) is 2. The van der Waals surface area contributed by atoms with Crippen molar-refractivity contribution in [2.75, 3.05) is 23.3 Å². The van der Waals surface area contributed by atoms with Crippen LogP contribution in [0.2, 0.25) is 5.02 Å². The summed E-state index contributed by atoms with van der Waals surface area (Å²) >= 11 is 5.88. The SMILES string of the molecule is CC(=O)Nc1ccc(S(=O)(=O)NCC2CC(=O)N(c3ccc(Cl)cc3)C2)cc1. The van der Waals surface area contributed by atoms with E-state index in [2.05, 4.69) is 10.0 Å². The third-order valence-corrected chi connectivity index (χ3v) is 6.08. The van der Waals surface area contributed by atoms with E-state index < -0.39 is 10.0 Å². The van der Waals surface area contributed by atoms with E-state index in [1.54, 1.807) is 29.2 Å². The molecule has 3 rings (SSSR count). The second-order valence-electron chi connectivity index (χ2n) is 6.61. The summed E-state index contributed by atoms with van der Waals surface area (Å²) in [5.74, 6) is -0.410. The molecule has 148 valence electrons. The van der Waals surface area contributed by atoms with Crippen molar-refractivity contribution in [3.63, 3.8) is 0 Å². The Labute approximate surface area is 168 Å². The number of sulfonamides is 1. The lowest BCUT2D eigenvalue weighted by atomic mass is 10.1. The summed E-state index contributed by atoms with van der Waals surface area (Å²) in [5, 5.41) is 3.17. The van der Waals surface area contributed by atoms with Crippen LogP contribution in [0.1, 0.15) is 13.3 Å². The first-order valence-corrected chi connectivity index (χ1v) is 10.5. The fourth-order valence-corrected chi connectivity index (χ4v) is 4.26. The quantitative estimate of drug-likeness (QED) is 0.749. The lowest BCUT2D eigenvalue weighted by molar-refractivity contribution is -0.117. The minimum Gasteiger partial charge on any atom is -0.326 e. The minimum absolute atomic E-state index is 0.0498. The molecule has 2 aromatic carbocycles. The smallest absolute Gasteiger partial charge is 0.240 e. The van der Waals surface area contributed by atoms with Gasteiger partial charge in [-0.15, -0.1) is 0 Å². The van der Waals surface area contributed by atoms with E-state index in [1.165, 1.54) is 31.2 Å². The minimum atomic E-state index is -3.71. The van der Waals surface area contributed by atoms with Gasteiger partial charge in [0.15, 0.2) is 0 Å². The van der Waals surface area contributed by atoms with Crippen molar-refractivity contribution in [1.29, 1.82) is 0 Å². The van der Waals surface area contributed by atoms with Crippen LogP contribution in [0.4, 0.5) is 11.4 Å². The summed E-state index contributed by atoms with van der Waals surface area (Å²) in [6.45, 7) is 1.97. The number of anilines is 2. The first kappa shape index (κ1) is 20.3. The topological polar surface area (TPSA) is 95.6 Å². The molecule has 28 heavy (non-hydrogen) atoms. The number of carbonyl (C=O) groups excluding carboxylic acids is 2. The Kier molecular flexibility index (Phi) is 6.02. The van der Waals surface area contributed by atoms with Crippen molar-refractivity contribution in [2.45, 2.75) is 18.2 Å². The van der Waals surface area contributed by atoms with Crippen LogP contribution in [0.5, 0.6) is 0 Å². The molecule has 1 aliphatic rings. The highest BCUT2D eigenvalue weighted by Gasteiger charge is 2.31. The highest BCUT2D eigenvalue weighted by molar-refractivity contribution is 7.89. The Balaban J connectivity index is 1.61. The molecule has 7 nitrogen and oxygen atoms in total. The van der Waals surface area contributed by atoms with Crippen LogP contribution in [0.25, 0.3) is 0 Å². The fraction of sp³-hybridized carbons (Fsp3) is 0.263. The Hall–Kier alpha value is -2.42. The van der Waals surface area contributed by atoms with Gasteiger partial charge in [0.1, 0.15) is 0 Å². The third kappa shape index (κ3) is 4.89. The van der Waals surface area contributed by atoms with Gasteiger partial charge < -0.3 is 10.2 Å². The zero-order valence-corrected chi connectivity index (χ0v) is 16.8. The molecule has 9 heteroatoms. The standard InChI is InChI=1S/C19H20ClN3O4S/c1-13(24)22-16-4-8-18(9-5-16)28(26,27)21-11-14-10-19(25)23(12-14)17-6-2-15(20)3-7-17/h2-9,14,21H,10-12H2,1H3,(H,22,24). The molecule has 1 aliphatic heterocycles. The maximum Gasteiger partial charge on any atom is 0.240 e. The molecule has 0 spiro atoms. The van der Waals surface area contributed by atoms with Gasteiger partial charge in [0, 0.05) is 42.8 Å². The van der Waals surface area contributed by atoms with Gasteiger partial charge in [0.05, 0.1) is 4.90 Å². The summed E-state index contributed by atoms with van der Waals surface area (Å²) in [7, 11) is -3.71. The number of hydrogen-bond acceptors (Lipinski definition) is 4. The van der Waals surface area contributed by atoms with Crippen LogP contribution in [-0.4, -0.2) is 33.3 Å². The molecule has 2 amide bonds. The Morgan fingerprint density at radius 3 is 2.39 bits per heavy atom. The number of hydrogen-bond donors (Lipinski definition) is 2. The van der Waals surface area contributed by atoms with Crippen molar-refractivity contribution in [1.82, 2.24) is 4.72 Å². The monoisotopic (exact) mass is 421 g/mol. The van der Waals surface area contributed by atoms with Gasteiger partial charge in [0.25, 0.3) is 0 Å². The average molecular weight is 422 g/mol. The number of rotatable bonds is 6. The molecule has 0 radical (unpaired) electrons. The number of amides is 2. The first-order valence-electron chi connectivity index (χ1n) is 8.68. The number of nitrogens with zero attached hydrogens (tertiary/aromatic N) is 1. The maximum atomic E-state index is 12.5. The molecule has 0 saturated carbocycles. The van der Waals surface area contributed by atoms with E-state index in [9.17, 15) is 18.0 Å². The van der Waals surface area contributed by atoms with Crippen molar-refractivity contribution in [3.8, 4) is 0 Å². The zero-order valence-electron chi connectivity index (χ0n) is 15.2. The molecule has 1 saturated heterocycles. The number of benzene rings is 2.